The van der Waals surface area contributed by atoms with E-state index < -0.39 is 24.4 Å². The van der Waals surface area contributed by atoms with Crippen molar-refractivity contribution in [3.8, 4) is 0 Å². The van der Waals surface area contributed by atoms with Gasteiger partial charge in [-0.3, -0.25) is 9.80 Å². The van der Waals surface area contributed by atoms with Crippen LogP contribution in [0.4, 0.5) is 0 Å². The Labute approximate surface area is 305 Å². The minimum Gasteiger partial charge on any atom is -0.389 e. The van der Waals surface area contributed by atoms with E-state index in [1.165, 1.54) is 25.7 Å². The third-order valence-corrected chi connectivity index (χ3v) is 11.5. The van der Waals surface area contributed by atoms with Crippen LogP contribution in [0.1, 0.15) is 105 Å². The second-order valence-corrected chi connectivity index (χ2v) is 15.9. The van der Waals surface area contributed by atoms with E-state index in [9.17, 15) is 20.4 Å². The van der Waals surface area contributed by atoms with Gasteiger partial charge in [0.25, 0.3) is 0 Å². The summed E-state index contributed by atoms with van der Waals surface area (Å²) >= 11 is 0. The Morgan fingerprint density at radius 3 is 1.24 bits per heavy atom. The van der Waals surface area contributed by atoms with E-state index in [-0.39, 0.29) is 0 Å². The molecule has 10 heteroatoms. The molecule has 3 aliphatic rings. The Kier molecular flexibility index (Phi) is 22.5. The highest BCUT2D eigenvalue weighted by molar-refractivity contribution is 5.08. The summed E-state index contributed by atoms with van der Waals surface area (Å²) in [6, 6.07) is 0. The van der Waals surface area contributed by atoms with Gasteiger partial charge >= 0.3 is 0 Å². The number of nitrogens with zero attached hydrogens (tertiary/aromatic N) is 2. The summed E-state index contributed by atoms with van der Waals surface area (Å²) < 4.78 is 23.1. The first-order valence-corrected chi connectivity index (χ1v) is 20.8. The van der Waals surface area contributed by atoms with Gasteiger partial charge in [-0.2, -0.15) is 0 Å². The van der Waals surface area contributed by atoms with E-state index in [4.69, 9.17) is 18.9 Å². The molecule has 296 valence electrons. The van der Waals surface area contributed by atoms with Gasteiger partial charge in [0.05, 0.1) is 50.8 Å². The molecule has 50 heavy (non-hydrogen) atoms. The van der Waals surface area contributed by atoms with E-state index in [1.54, 1.807) is 0 Å². The van der Waals surface area contributed by atoms with E-state index in [0.29, 0.717) is 115 Å². The van der Waals surface area contributed by atoms with Crippen molar-refractivity contribution in [3.05, 3.63) is 0 Å². The summed E-state index contributed by atoms with van der Waals surface area (Å²) in [6.45, 7) is 16.3. The van der Waals surface area contributed by atoms with Crippen LogP contribution in [-0.4, -0.2) is 147 Å². The fourth-order valence-corrected chi connectivity index (χ4v) is 9.27. The lowest BCUT2D eigenvalue weighted by atomic mass is 9.77. The molecular formula is C40H78N2O8. The van der Waals surface area contributed by atoms with Crippen LogP contribution in [0.25, 0.3) is 0 Å². The van der Waals surface area contributed by atoms with Crippen LogP contribution in [0.2, 0.25) is 0 Å². The monoisotopic (exact) mass is 715 g/mol. The van der Waals surface area contributed by atoms with Crippen molar-refractivity contribution in [2.45, 2.75) is 129 Å². The maximum absolute atomic E-state index is 11.0. The molecule has 10 unspecified atom stereocenters. The Balaban J connectivity index is 1.64. The van der Waals surface area contributed by atoms with Crippen molar-refractivity contribution in [1.29, 1.82) is 0 Å². The molecule has 0 aromatic rings. The highest BCUT2D eigenvalue weighted by Gasteiger charge is 2.58. The minimum absolute atomic E-state index is 0.323. The lowest BCUT2D eigenvalue weighted by molar-refractivity contribution is -0.0188. The van der Waals surface area contributed by atoms with Gasteiger partial charge < -0.3 is 39.4 Å². The van der Waals surface area contributed by atoms with E-state index in [0.717, 1.165) is 64.5 Å². The van der Waals surface area contributed by atoms with E-state index in [1.807, 2.05) is 0 Å². The Morgan fingerprint density at radius 1 is 0.480 bits per heavy atom. The molecule has 0 aromatic carbocycles. The summed E-state index contributed by atoms with van der Waals surface area (Å²) in [5, 5.41) is 43.8. The summed E-state index contributed by atoms with van der Waals surface area (Å²) in [7, 11) is 0. The number of aliphatic hydroxyl groups is 4. The summed E-state index contributed by atoms with van der Waals surface area (Å²) in [5.41, 5.74) is 0. The third kappa shape index (κ3) is 15.5. The Hall–Kier alpha value is -0.400. The first-order valence-electron chi connectivity index (χ1n) is 20.8. The van der Waals surface area contributed by atoms with Crippen LogP contribution < -0.4 is 0 Å². The van der Waals surface area contributed by atoms with Crippen LogP contribution in [0, 0.1) is 35.5 Å². The lowest BCUT2D eigenvalue weighted by Crippen LogP contribution is -2.45. The van der Waals surface area contributed by atoms with Crippen molar-refractivity contribution in [2.24, 2.45) is 35.5 Å². The van der Waals surface area contributed by atoms with Gasteiger partial charge in [0, 0.05) is 65.7 Å². The first-order chi connectivity index (χ1) is 24.3. The quantitative estimate of drug-likeness (QED) is 0.0736. The smallest absolute Gasteiger partial charge is 0.0900 e. The minimum atomic E-state index is -0.589. The van der Waals surface area contributed by atoms with Crippen molar-refractivity contribution in [2.75, 3.05) is 92.1 Å². The van der Waals surface area contributed by atoms with Gasteiger partial charge in [-0.05, 0) is 86.9 Å². The average molecular weight is 715 g/mol. The first kappa shape index (κ1) is 44.0. The third-order valence-electron chi connectivity index (χ3n) is 11.5. The van der Waals surface area contributed by atoms with Gasteiger partial charge in [-0.1, -0.05) is 53.4 Å². The molecule has 3 rings (SSSR count). The summed E-state index contributed by atoms with van der Waals surface area (Å²) in [4.78, 5) is 4.58. The molecule has 4 N–H and O–H groups in total. The molecule has 0 spiro atoms. The SMILES string of the molecule is CCCCOCC(O)CN(CC(O)COCCCC)CC1CCC2C3CCC(C3CN(CC(O)COCCCC)CC(O)COCCCC)C12. The zero-order valence-corrected chi connectivity index (χ0v) is 32.5. The van der Waals surface area contributed by atoms with Crippen LogP contribution >= 0.6 is 0 Å². The predicted molar refractivity (Wildman–Crippen MR) is 199 cm³/mol. The van der Waals surface area contributed by atoms with Gasteiger partial charge in [-0.15, -0.1) is 0 Å². The molecule has 10 nitrogen and oxygen atoms in total. The predicted octanol–water partition coefficient (Wildman–Crippen LogP) is 4.60. The molecule has 10 atom stereocenters. The Morgan fingerprint density at radius 2 is 0.840 bits per heavy atom. The van der Waals surface area contributed by atoms with E-state index in [2.05, 4.69) is 37.5 Å². The number of hydrogen-bond donors (Lipinski definition) is 4. The number of unbranched alkanes of at least 4 members (excludes halogenated alkanes) is 4. The normalized spacial score (nSPS) is 27.0. The Bertz CT molecular complexity index is 801. The number of ether oxygens (including phenoxy) is 4. The zero-order chi connectivity index (χ0) is 36.1. The van der Waals surface area contributed by atoms with Crippen LogP contribution in [-0.2, 0) is 18.9 Å². The maximum atomic E-state index is 11.0. The molecule has 0 aliphatic heterocycles. The highest BCUT2D eigenvalue weighted by Crippen LogP contribution is 2.63. The molecule has 0 saturated heterocycles. The molecule has 3 saturated carbocycles. The average Bonchev–Trinajstić information content (AvgIpc) is 3.77. The molecular weight excluding hydrogens is 636 g/mol. The topological polar surface area (TPSA) is 124 Å². The largest absolute Gasteiger partial charge is 0.389 e. The molecule has 3 aliphatic carbocycles. The highest BCUT2D eigenvalue weighted by atomic mass is 16.5. The number of fused-ring (bicyclic) bond motifs is 5. The molecule has 0 amide bonds. The number of rotatable bonds is 32. The summed E-state index contributed by atoms with van der Waals surface area (Å²) in [5.74, 6) is 3.74. The molecule has 0 aromatic heterocycles. The van der Waals surface area contributed by atoms with Gasteiger partial charge in [0.2, 0.25) is 0 Å². The van der Waals surface area contributed by atoms with E-state index >= 15 is 0 Å². The molecule has 0 heterocycles. The number of aliphatic hydroxyl groups excluding tert-OH is 4. The molecule has 0 radical (unpaired) electrons. The van der Waals surface area contributed by atoms with Crippen LogP contribution in [0.3, 0.4) is 0 Å². The van der Waals surface area contributed by atoms with Crippen LogP contribution in [0.5, 0.6) is 0 Å². The zero-order valence-electron chi connectivity index (χ0n) is 32.5. The fraction of sp³-hybridized carbons (Fsp3) is 1.00. The van der Waals surface area contributed by atoms with Crippen LogP contribution in [0.15, 0.2) is 0 Å². The number of hydrogen-bond acceptors (Lipinski definition) is 10. The molecule has 3 fully saturated rings. The maximum Gasteiger partial charge on any atom is 0.0900 e. The van der Waals surface area contributed by atoms with Gasteiger partial charge in [0.1, 0.15) is 0 Å². The standard InChI is InChI=1S/C40H78N2O8/c1-5-9-17-47-27-32(43)22-41(23-33(44)28-48-18-10-6-2)21-31-13-14-37-36-15-16-38(40(31)37)39(36)26-42(24-34(45)29-49-19-11-7-3)25-35(46)30-50-20-12-8-4/h31-40,43-46H,5-30H2,1-4H3. The van der Waals surface area contributed by atoms with Crippen molar-refractivity contribution < 1.29 is 39.4 Å². The van der Waals surface area contributed by atoms with Crippen molar-refractivity contribution in [3.63, 3.8) is 0 Å². The second kappa shape index (κ2) is 25.6. The van der Waals surface area contributed by atoms with Crippen molar-refractivity contribution in [1.82, 2.24) is 9.80 Å². The second-order valence-electron chi connectivity index (χ2n) is 15.9. The fourth-order valence-electron chi connectivity index (χ4n) is 9.27. The molecule has 2 bridgehead atoms. The van der Waals surface area contributed by atoms with Gasteiger partial charge in [0.15, 0.2) is 0 Å². The van der Waals surface area contributed by atoms with Gasteiger partial charge in [-0.25, -0.2) is 0 Å². The lowest BCUT2D eigenvalue weighted by Gasteiger charge is -2.35. The summed E-state index contributed by atoms with van der Waals surface area (Å²) in [6.07, 6.45) is 10.9. The van der Waals surface area contributed by atoms with Crippen molar-refractivity contribution >= 4 is 0 Å².